The van der Waals surface area contributed by atoms with Crippen molar-refractivity contribution >= 4 is 11.6 Å². The average molecular weight is 246 g/mol. The molecule has 1 aromatic heterocycles. The highest BCUT2D eigenvalue weighted by Crippen LogP contribution is 2.11. The number of hydrogen-bond acceptors (Lipinski definition) is 5. The van der Waals surface area contributed by atoms with Gasteiger partial charge in [-0.3, -0.25) is 4.79 Å². The molecular formula is C11H14N6O. The van der Waals surface area contributed by atoms with Crippen LogP contribution in [0, 0.1) is 0 Å². The van der Waals surface area contributed by atoms with Gasteiger partial charge in [0.25, 0.3) is 11.7 Å². The first-order valence-corrected chi connectivity index (χ1v) is 5.64. The number of nitrogens with one attached hydrogen (secondary N) is 3. The molecule has 0 atom stereocenters. The first-order chi connectivity index (χ1) is 8.79. The van der Waals surface area contributed by atoms with E-state index < -0.39 is 0 Å². The number of H-pyrrole nitrogens is 1. The van der Waals surface area contributed by atoms with Gasteiger partial charge in [0.2, 0.25) is 0 Å². The molecule has 0 saturated heterocycles. The number of anilines is 1. The van der Waals surface area contributed by atoms with Crippen LogP contribution in [-0.4, -0.2) is 33.1 Å². The fourth-order valence-corrected chi connectivity index (χ4v) is 1.47. The van der Waals surface area contributed by atoms with E-state index in [0.29, 0.717) is 5.69 Å². The van der Waals surface area contributed by atoms with Gasteiger partial charge in [0.05, 0.1) is 0 Å². The van der Waals surface area contributed by atoms with Gasteiger partial charge in [-0.25, -0.2) is 0 Å². The van der Waals surface area contributed by atoms with E-state index >= 15 is 0 Å². The smallest absolute Gasteiger partial charge is 0.297 e. The lowest BCUT2D eigenvalue weighted by molar-refractivity contribution is 0.101. The summed E-state index contributed by atoms with van der Waals surface area (Å²) in [6, 6.07) is 7.60. The average Bonchev–Trinajstić information content (AvgIpc) is 2.91. The third-order valence-corrected chi connectivity index (χ3v) is 2.31. The summed E-state index contributed by atoms with van der Waals surface area (Å²) in [6.45, 7) is 3.71. The van der Waals surface area contributed by atoms with Crippen LogP contribution in [0.25, 0.3) is 0 Å². The first kappa shape index (κ1) is 12.2. The van der Waals surface area contributed by atoms with Crippen LogP contribution in [0.15, 0.2) is 24.3 Å². The zero-order valence-electron chi connectivity index (χ0n) is 9.97. The number of nitrogens with zero attached hydrogens (tertiary/aromatic N) is 3. The lowest BCUT2D eigenvalue weighted by atomic mass is 10.2. The molecule has 1 heterocycles. The van der Waals surface area contributed by atoms with Crippen molar-refractivity contribution in [2.24, 2.45) is 0 Å². The molecule has 2 aromatic rings. The number of carbonyl (C=O) groups excluding carboxylic acids is 1. The van der Waals surface area contributed by atoms with Crippen LogP contribution in [0.4, 0.5) is 5.69 Å². The highest BCUT2D eigenvalue weighted by Gasteiger charge is 2.10. The Hall–Kier alpha value is -2.28. The van der Waals surface area contributed by atoms with Crippen molar-refractivity contribution < 1.29 is 4.79 Å². The van der Waals surface area contributed by atoms with Gasteiger partial charge in [-0.1, -0.05) is 19.1 Å². The fraction of sp³-hybridized carbons (Fsp3) is 0.273. The number of hydrogen-bond donors (Lipinski definition) is 3. The molecule has 0 saturated carbocycles. The molecule has 2 rings (SSSR count). The van der Waals surface area contributed by atoms with E-state index in [0.717, 1.165) is 18.7 Å². The van der Waals surface area contributed by atoms with Crippen LogP contribution in [0.5, 0.6) is 0 Å². The van der Waals surface area contributed by atoms with Crippen LogP contribution in [-0.2, 0) is 6.54 Å². The summed E-state index contributed by atoms with van der Waals surface area (Å²) in [5.41, 5.74) is 1.81. The molecule has 0 radical (unpaired) electrons. The van der Waals surface area contributed by atoms with Gasteiger partial charge in [-0.15, -0.1) is 10.2 Å². The molecule has 3 N–H and O–H groups in total. The van der Waals surface area contributed by atoms with E-state index in [-0.39, 0.29) is 11.7 Å². The van der Waals surface area contributed by atoms with Gasteiger partial charge >= 0.3 is 0 Å². The summed E-state index contributed by atoms with van der Waals surface area (Å²) >= 11 is 0. The molecule has 7 heteroatoms. The number of aromatic nitrogens is 4. The molecule has 1 amide bonds. The van der Waals surface area contributed by atoms with Gasteiger partial charge in [-0.2, -0.15) is 5.21 Å². The first-order valence-electron chi connectivity index (χ1n) is 5.64. The maximum atomic E-state index is 11.7. The van der Waals surface area contributed by atoms with Crippen molar-refractivity contribution in [2.45, 2.75) is 13.5 Å². The largest absolute Gasteiger partial charge is 0.319 e. The highest BCUT2D eigenvalue weighted by molar-refractivity contribution is 6.01. The minimum absolute atomic E-state index is 0.0205. The number of benzene rings is 1. The van der Waals surface area contributed by atoms with E-state index in [4.69, 9.17) is 0 Å². The van der Waals surface area contributed by atoms with Crippen LogP contribution in [0.3, 0.4) is 0 Å². The second kappa shape index (κ2) is 5.87. The molecule has 7 nitrogen and oxygen atoms in total. The lowest BCUT2D eigenvalue weighted by Gasteiger charge is -2.06. The summed E-state index contributed by atoms with van der Waals surface area (Å²) in [5.74, 6) is -0.364. The Morgan fingerprint density at radius 2 is 2.33 bits per heavy atom. The van der Waals surface area contributed by atoms with E-state index in [1.165, 1.54) is 0 Å². The Morgan fingerprint density at radius 3 is 3.06 bits per heavy atom. The quantitative estimate of drug-likeness (QED) is 0.716. The monoisotopic (exact) mass is 246 g/mol. The normalized spacial score (nSPS) is 10.3. The molecule has 0 aliphatic rings. The molecule has 0 spiro atoms. The second-order valence-electron chi connectivity index (χ2n) is 3.67. The predicted molar refractivity (Wildman–Crippen MR) is 66.0 cm³/mol. The predicted octanol–water partition coefficient (Wildman–Crippen LogP) is 0.561. The topological polar surface area (TPSA) is 95.6 Å². The Labute approximate surface area is 104 Å². The van der Waals surface area contributed by atoms with Gasteiger partial charge in [0.15, 0.2) is 0 Å². The van der Waals surface area contributed by atoms with E-state index in [1.54, 1.807) is 0 Å². The molecule has 18 heavy (non-hydrogen) atoms. The molecule has 0 aliphatic heterocycles. The lowest BCUT2D eigenvalue weighted by Crippen LogP contribution is -2.15. The summed E-state index contributed by atoms with van der Waals surface area (Å²) in [7, 11) is 0. The minimum Gasteiger partial charge on any atom is -0.319 e. The van der Waals surface area contributed by atoms with Crippen molar-refractivity contribution in [1.82, 2.24) is 25.9 Å². The Balaban J connectivity index is 2.03. The van der Waals surface area contributed by atoms with Gasteiger partial charge in [0, 0.05) is 12.2 Å². The number of aromatic amines is 1. The van der Waals surface area contributed by atoms with Gasteiger partial charge < -0.3 is 10.6 Å². The van der Waals surface area contributed by atoms with E-state index in [2.05, 4.69) is 31.3 Å². The molecule has 94 valence electrons. The number of amides is 1. The molecule has 1 aromatic carbocycles. The third kappa shape index (κ3) is 3.11. The number of tetrazole rings is 1. The zero-order valence-corrected chi connectivity index (χ0v) is 9.97. The Morgan fingerprint density at radius 1 is 1.44 bits per heavy atom. The minimum atomic E-state index is -0.385. The SMILES string of the molecule is CCNCc1cccc(NC(=O)c2nn[nH]n2)c1. The van der Waals surface area contributed by atoms with Gasteiger partial charge in [-0.05, 0) is 29.5 Å². The third-order valence-electron chi connectivity index (χ3n) is 2.31. The summed E-state index contributed by atoms with van der Waals surface area (Å²) in [6.07, 6.45) is 0. The molecule has 0 fully saturated rings. The van der Waals surface area contributed by atoms with Crippen molar-refractivity contribution in [1.29, 1.82) is 0 Å². The standard InChI is InChI=1S/C11H14N6O/c1-2-12-7-8-4-3-5-9(6-8)13-11(18)10-14-16-17-15-10/h3-6,12H,2,7H2,1H3,(H,13,18)(H,14,15,16,17). The maximum Gasteiger partial charge on any atom is 0.297 e. The maximum absolute atomic E-state index is 11.7. The second-order valence-corrected chi connectivity index (χ2v) is 3.67. The Kier molecular flexibility index (Phi) is 3.98. The zero-order chi connectivity index (χ0) is 12.8. The van der Waals surface area contributed by atoms with Crippen LogP contribution in [0.2, 0.25) is 0 Å². The van der Waals surface area contributed by atoms with Crippen molar-refractivity contribution in [3.8, 4) is 0 Å². The van der Waals surface area contributed by atoms with Crippen LogP contribution >= 0.6 is 0 Å². The summed E-state index contributed by atoms with van der Waals surface area (Å²) in [5, 5.41) is 18.7. The molecule has 0 aliphatic carbocycles. The van der Waals surface area contributed by atoms with Crippen molar-refractivity contribution in [3.63, 3.8) is 0 Å². The van der Waals surface area contributed by atoms with Crippen molar-refractivity contribution in [3.05, 3.63) is 35.7 Å². The molecule has 0 unspecified atom stereocenters. The molecular weight excluding hydrogens is 232 g/mol. The fourth-order valence-electron chi connectivity index (χ4n) is 1.47. The van der Waals surface area contributed by atoms with Crippen LogP contribution < -0.4 is 10.6 Å². The number of carbonyl (C=O) groups is 1. The molecule has 0 bridgehead atoms. The van der Waals surface area contributed by atoms with Crippen LogP contribution in [0.1, 0.15) is 23.1 Å². The number of rotatable bonds is 5. The Bertz CT molecular complexity index is 510. The van der Waals surface area contributed by atoms with E-state index in [1.807, 2.05) is 31.2 Å². The highest BCUT2D eigenvalue weighted by atomic mass is 16.2. The van der Waals surface area contributed by atoms with Gasteiger partial charge in [0.1, 0.15) is 0 Å². The summed E-state index contributed by atoms with van der Waals surface area (Å²) < 4.78 is 0. The summed E-state index contributed by atoms with van der Waals surface area (Å²) in [4.78, 5) is 11.7. The van der Waals surface area contributed by atoms with E-state index in [9.17, 15) is 4.79 Å². The van der Waals surface area contributed by atoms with Crippen molar-refractivity contribution in [2.75, 3.05) is 11.9 Å².